The highest BCUT2D eigenvalue weighted by Gasteiger charge is 2.12. The molecule has 9 heteroatoms. The molecule has 7 nitrogen and oxygen atoms in total. The van der Waals surface area contributed by atoms with E-state index < -0.39 is 12.6 Å². The third-order valence-electron chi connectivity index (χ3n) is 3.37. The van der Waals surface area contributed by atoms with Crippen molar-refractivity contribution in [1.29, 1.82) is 0 Å². The zero-order valence-corrected chi connectivity index (χ0v) is 14.5. The van der Waals surface area contributed by atoms with Gasteiger partial charge in [-0.25, -0.2) is 4.79 Å². The number of amides is 3. The Labute approximate surface area is 154 Å². The van der Waals surface area contributed by atoms with Gasteiger partial charge in [0.1, 0.15) is 0 Å². The summed E-state index contributed by atoms with van der Waals surface area (Å²) in [4.78, 5) is 23.7. The summed E-state index contributed by atoms with van der Waals surface area (Å²) < 4.78 is 34.1. The Morgan fingerprint density at radius 3 is 2.37 bits per heavy atom. The van der Waals surface area contributed by atoms with Crippen LogP contribution in [0.2, 0.25) is 0 Å². The van der Waals surface area contributed by atoms with Crippen LogP contribution in [0.25, 0.3) is 0 Å². The van der Waals surface area contributed by atoms with Gasteiger partial charge < -0.3 is 25.4 Å². The predicted molar refractivity (Wildman–Crippen MR) is 95.4 cm³/mol. The lowest BCUT2D eigenvalue weighted by Crippen LogP contribution is -2.36. The summed E-state index contributed by atoms with van der Waals surface area (Å²) in [5.74, 6) is -0.327. The van der Waals surface area contributed by atoms with Crippen molar-refractivity contribution in [1.82, 2.24) is 10.6 Å². The molecule has 3 amide bonds. The number of benzene rings is 2. The maximum atomic E-state index is 12.4. The molecule has 0 unspecified atom stereocenters. The summed E-state index contributed by atoms with van der Waals surface area (Å²) >= 11 is 0. The predicted octanol–water partition coefficient (Wildman–Crippen LogP) is 2.85. The molecule has 3 N–H and O–H groups in total. The maximum Gasteiger partial charge on any atom is 0.387 e. The van der Waals surface area contributed by atoms with Crippen molar-refractivity contribution < 1.29 is 27.8 Å². The largest absolute Gasteiger partial charge is 0.493 e. The Bertz CT molecular complexity index is 772. The van der Waals surface area contributed by atoms with E-state index in [1.807, 2.05) is 0 Å². The number of anilines is 1. The van der Waals surface area contributed by atoms with E-state index in [0.29, 0.717) is 5.56 Å². The van der Waals surface area contributed by atoms with E-state index in [0.717, 1.165) is 0 Å². The molecular formula is C18H19F2N3O4. The number of rotatable bonds is 8. The fraction of sp³-hybridized carbons (Fsp3) is 0.222. The quantitative estimate of drug-likeness (QED) is 0.616. The maximum absolute atomic E-state index is 12.4. The molecular weight excluding hydrogens is 360 g/mol. The molecule has 144 valence electrons. The molecule has 0 aliphatic rings. The summed E-state index contributed by atoms with van der Waals surface area (Å²) in [5.41, 5.74) is 0.768. The van der Waals surface area contributed by atoms with Crippen molar-refractivity contribution >= 4 is 17.6 Å². The van der Waals surface area contributed by atoms with Gasteiger partial charge in [-0.3, -0.25) is 4.79 Å². The van der Waals surface area contributed by atoms with Crippen LogP contribution in [0, 0.1) is 0 Å². The Hall–Kier alpha value is -3.36. The number of hydrogen-bond acceptors (Lipinski definition) is 4. The lowest BCUT2D eigenvalue weighted by atomic mass is 10.2. The molecule has 27 heavy (non-hydrogen) atoms. The number of alkyl halides is 2. The van der Waals surface area contributed by atoms with Crippen LogP contribution in [0.1, 0.15) is 10.4 Å². The highest BCUT2D eigenvalue weighted by Crippen LogP contribution is 2.31. The van der Waals surface area contributed by atoms with Crippen LogP contribution in [0.15, 0.2) is 48.5 Å². The molecule has 2 aromatic rings. The van der Waals surface area contributed by atoms with Gasteiger partial charge in [-0.1, -0.05) is 18.2 Å². The van der Waals surface area contributed by atoms with Crippen molar-refractivity contribution in [3.05, 3.63) is 54.1 Å². The van der Waals surface area contributed by atoms with Crippen LogP contribution in [-0.2, 0) is 0 Å². The van der Waals surface area contributed by atoms with E-state index in [4.69, 9.17) is 4.74 Å². The van der Waals surface area contributed by atoms with E-state index in [1.54, 1.807) is 30.3 Å². The average Bonchev–Trinajstić information content (AvgIpc) is 2.65. The molecule has 0 heterocycles. The fourth-order valence-corrected chi connectivity index (χ4v) is 2.16. The highest BCUT2D eigenvalue weighted by atomic mass is 19.3. The van der Waals surface area contributed by atoms with Crippen LogP contribution in [0.4, 0.5) is 19.3 Å². The van der Waals surface area contributed by atoms with Crippen molar-refractivity contribution in [2.75, 3.05) is 25.5 Å². The molecule has 0 aromatic heterocycles. The SMILES string of the molecule is COc1ccc(NC(=O)NCCNC(=O)c2ccccc2)cc1OC(F)F. The fourth-order valence-electron chi connectivity index (χ4n) is 2.16. The minimum atomic E-state index is -3.02. The number of ether oxygens (including phenoxy) is 2. The Kier molecular flexibility index (Phi) is 7.36. The second-order valence-corrected chi connectivity index (χ2v) is 5.25. The first-order valence-corrected chi connectivity index (χ1v) is 8.00. The minimum Gasteiger partial charge on any atom is -0.493 e. The third kappa shape index (κ3) is 6.46. The Morgan fingerprint density at radius 1 is 1.00 bits per heavy atom. The van der Waals surface area contributed by atoms with Gasteiger partial charge in [-0.15, -0.1) is 0 Å². The second-order valence-electron chi connectivity index (χ2n) is 5.25. The molecule has 2 rings (SSSR count). The number of nitrogens with one attached hydrogen (secondary N) is 3. The standard InChI is InChI=1S/C18H19F2N3O4/c1-26-14-8-7-13(11-15(14)27-17(19)20)23-18(25)22-10-9-21-16(24)12-5-3-2-4-6-12/h2-8,11,17H,9-10H2,1H3,(H,21,24)(H2,22,23,25). The summed E-state index contributed by atoms with van der Waals surface area (Å²) in [7, 11) is 1.32. The summed E-state index contributed by atoms with van der Waals surface area (Å²) in [6.45, 7) is -2.61. The summed E-state index contributed by atoms with van der Waals surface area (Å²) in [6, 6.07) is 12.2. The molecule has 0 aliphatic heterocycles. The molecule has 0 saturated carbocycles. The molecule has 0 bridgehead atoms. The zero-order valence-electron chi connectivity index (χ0n) is 14.5. The van der Waals surface area contributed by atoms with Crippen molar-refractivity contribution in [2.24, 2.45) is 0 Å². The first-order chi connectivity index (χ1) is 13.0. The van der Waals surface area contributed by atoms with Crippen LogP contribution >= 0.6 is 0 Å². The van der Waals surface area contributed by atoms with Gasteiger partial charge >= 0.3 is 12.6 Å². The Morgan fingerprint density at radius 2 is 1.70 bits per heavy atom. The Balaban J connectivity index is 1.79. The van der Waals surface area contributed by atoms with Crippen molar-refractivity contribution in [2.45, 2.75) is 6.61 Å². The topological polar surface area (TPSA) is 88.7 Å². The molecule has 0 atom stereocenters. The number of carbonyl (C=O) groups is 2. The number of carbonyl (C=O) groups excluding carboxylic acids is 2. The molecule has 0 aliphatic carbocycles. The normalized spacial score (nSPS) is 10.2. The third-order valence-corrected chi connectivity index (χ3v) is 3.37. The number of urea groups is 1. The van der Waals surface area contributed by atoms with Gasteiger partial charge in [0.2, 0.25) is 0 Å². The van der Waals surface area contributed by atoms with Gasteiger partial charge in [0.25, 0.3) is 5.91 Å². The highest BCUT2D eigenvalue weighted by molar-refractivity contribution is 5.94. The zero-order chi connectivity index (χ0) is 19.6. The first kappa shape index (κ1) is 20.0. The van der Waals surface area contributed by atoms with E-state index in [-0.39, 0.29) is 36.2 Å². The van der Waals surface area contributed by atoms with Crippen LogP contribution in [-0.4, -0.2) is 38.7 Å². The van der Waals surface area contributed by atoms with Gasteiger partial charge in [0, 0.05) is 30.4 Å². The van der Waals surface area contributed by atoms with Crippen LogP contribution in [0.5, 0.6) is 11.5 Å². The monoisotopic (exact) mass is 379 g/mol. The van der Waals surface area contributed by atoms with Crippen molar-refractivity contribution in [3.8, 4) is 11.5 Å². The molecule has 0 fully saturated rings. The van der Waals surface area contributed by atoms with Crippen LogP contribution in [0.3, 0.4) is 0 Å². The minimum absolute atomic E-state index is 0.116. The van der Waals surface area contributed by atoms with E-state index in [2.05, 4.69) is 20.7 Å². The number of halogens is 2. The van der Waals surface area contributed by atoms with Gasteiger partial charge in [-0.2, -0.15) is 8.78 Å². The molecule has 0 spiro atoms. The van der Waals surface area contributed by atoms with Crippen molar-refractivity contribution in [3.63, 3.8) is 0 Å². The molecule has 0 saturated heterocycles. The molecule has 0 radical (unpaired) electrons. The lowest BCUT2D eigenvalue weighted by Gasteiger charge is -2.13. The summed E-state index contributed by atoms with van der Waals surface area (Å²) in [6.07, 6.45) is 0. The first-order valence-electron chi connectivity index (χ1n) is 8.00. The van der Waals surface area contributed by atoms with E-state index >= 15 is 0 Å². The van der Waals surface area contributed by atoms with E-state index in [1.165, 1.54) is 25.3 Å². The smallest absolute Gasteiger partial charge is 0.387 e. The molecule has 2 aromatic carbocycles. The second kappa shape index (κ2) is 9.95. The van der Waals surface area contributed by atoms with E-state index in [9.17, 15) is 18.4 Å². The average molecular weight is 379 g/mol. The van der Waals surface area contributed by atoms with Gasteiger partial charge in [0.15, 0.2) is 11.5 Å². The summed E-state index contributed by atoms with van der Waals surface area (Å²) in [5, 5.41) is 7.69. The number of hydrogen-bond donors (Lipinski definition) is 3. The van der Waals surface area contributed by atoms with Crippen LogP contribution < -0.4 is 25.4 Å². The van der Waals surface area contributed by atoms with Gasteiger partial charge in [-0.05, 0) is 24.3 Å². The number of methoxy groups -OCH3 is 1. The lowest BCUT2D eigenvalue weighted by molar-refractivity contribution is -0.0511. The van der Waals surface area contributed by atoms with Gasteiger partial charge in [0.05, 0.1) is 7.11 Å².